The first kappa shape index (κ1) is 13.9. The molecule has 0 radical (unpaired) electrons. The normalized spacial score (nSPS) is 11.0. The second-order valence-electron chi connectivity index (χ2n) is 4.59. The summed E-state index contributed by atoms with van der Waals surface area (Å²) < 4.78 is 10.7. The molecule has 2 aromatic heterocycles. The third-order valence-corrected chi connectivity index (χ3v) is 3.94. The average Bonchev–Trinajstić information content (AvgIpc) is 3.15. The highest BCUT2D eigenvalue weighted by molar-refractivity contribution is 7.98. The van der Waals surface area contributed by atoms with Crippen LogP contribution in [0, 0.1) is 6.92 Å². The molecule has 0 spiro atoms. The first-order chi connectivity index (χ1) is 10.2. The fraction of sp³-hybridized carbons (Fsp3) is 0.200. The Morgan fingerprint density at radius 1 is 1.14 bits per heavy atom. The predicted molar refractivity (Wildman–Crippen MR) is 80.6 cm³/mol. The lowest BCUT2D eigenvalue weighted by Gasteiger charge is -1.98. The highest BCUT2D eigenvalue weighted by atomic mass is 32.2. The van der Waals surface area contributed by atoms with Gasteiger partial charge < -0.3 is 14.7 Å². The van der Waals surface area contributed by atoms with Gasteiger partial charge in [-0.15, -0.1) is 11.8 Å². The van der Waals surface area contributed by atoms with E-state index in [0.717, 1.165) is 0 Å². The van der Waals surface area contributed by atoms with Crippen LogP contribution >= 0.6 is 11.8 Å². The third-order valence-electron chi connectivity index (χ3n) is 2.93. The molecule has 3 aromatic rings. The summed E-state index contributed by atoms with van der Waals surface area (Å²) in [4.78, 5) is 5.50. The second-order valence-corrected chi connectivity index (χ2v) is 5.64. The van der Waals surface area contributed by atoms with E-state index in [2.05, 4.69) is 41.3 Å². The maximum Gasteiger partial charge on any atom is 0.293 e. The van der Waals surface area contributed by atoms with Crippen molar-refractivity contribution in [1.82, 2.24) is 10.1 Å². The number of aryl methyl sites for hydroxylation is 1. The Balaban J connectivity index is 1.66. The van der Waals surface area contributed by atoms with Gasteiger partial charge in [0.1, 0.15) is 5.76 Å². The minimum atomic E-state index is 0.351. The number of thioether (sulfide) groups is 1. The number of nitrogens with two attached hydrogens (primary N) is 1. The van der Waals surface area contributed by atoms with Gasteiger partial charge in [0.2, 0.25) is 0 Å². The zero-order valence-corrected chi connectivity index (χ0v) is 12.4. The summed E-state index contributed by atoms with van der Waals surface area (Å²) in [6.07, 6.45) is 0. The van der Waals surface area contributed by atoms with Crippen LogP contribution in [0.15, 0.2) is 50.2 Å². The molecule has 0 aliphatic heterocycles. The lowest BCUT2D eigenvalue weighted by molar-refractivity contribution is 0.407. The van der Waals surface area contributed by atoms with E-state index >= 15 is 0 Å². The number of furan rings is 1. The van der Waals surface area contributed by atoms with Crippen molar-refractivity contribution in [1.29, 1.82) is 0 Å². The molecule has 1 aromatic carbocycles. The second kappa shape index (κ2) is 6.15. The van der Waals surface area contributed by atoms with Crippen LogP contribution in [0.2, 0.25) is 0 Å². The minimum absolute atomic E-state index is 0.351. The Morgan fingerprint density at radius 2 is 1.95 bits per heavy atom. The number of benzene rings is 1. The highest BCUT2D eigenvalue weighted by Crippen LogP contribution is 2.24. The largest absolute Gasteiger partial charge is 0.455 e. The van der Waals surface area contributed by atoms with Crippen LogP contribution in [0.4, 0.5) is 0 Å². The van der Waals surface area contributed by atoms with Crippen molar-refractivity contribution in [2.24, 2.45) is 5.73 Å². The van der Waals surface area contributed by atoms with Gasteiger partial charge in [0, 0.05) is 4.90 Å². The van der Waals surface area contributed by atoms with E-state index in [1.54, 1.807) is 23.9 Å². The van der Waals surface area contributed by atoms with Crippen molar-refractivity contribution in [3.8, 4) is 11.7 Å². The summed E-state index contributed by atoms with van der Waals surface area (Å²) in [5.41, 5.74) is 6.75. The van der Waals surface area contributed by atoms with E-state index in [4.69, 9.17) is 14.7 Å². The number of hydrogen-bond acceptors (Lipinski definition) is 6. The van der Waals surface area contributed by atoms with Crippen molar-refractivity contribution in [2.45, 2.75) is 24.1 Å². The fourth-order valence-electron chi connectivity index (χ4n) is 1.80. The number of nitrogens with zero attached hydrogens (tertiary/aromatic N) is 2. The molecule has 0 aliphatic rings. The predicted octanol–water partition coefficient (Wildman–Crippen LogP) is 3.39. The molecule has 0 saturated heterocycles. The maximum atomic E-state index is 5.51. The summed E-state index contributed by atoms with van der Waals surface area (Å²) in [6, 6.07) is 11.9. The molecule has 0 aliphatic carbocycles. The van der Waals surface area contributed by atoms with Crippen LogP contribution in [0.5, 0.6) is 0 Å². The summed E-state index contributed by atoms with van der Waals surface area (Å²) in [5.74, 6) is 2.92. The fourth-order valence-corrected chi connectivity index (χ4v) is 2.54. The average molecular weight is 301 g/mol. The molecular formula is C15H15N3O2S. The molecule has 2 N–H and O–H groups in total. The van der Waals surface area contributed by atoms with Crippen LogP contribution in [-0.4, -0.2) is 10.1 Å². The van der Waals surface area contributed by atoms with E-state index in [9.17, 15) is 0 Å². The molecule has 21 heavy (non-hydrogen) atoms. The van der Waals surface area contributed by atoms with Gasteiger partial charge in [-0.1, -0.05) is 22.9 Å². The van der Waals surface area contributed by atoms with Crippen molar-refractivity contribution >= 4 is 11.8 Å². The third kappa shape index (κ3) is 3.34. The van der Waals surface area contributed by atoms with E-state index in [1.165, 1.54) is 10.5 Å². The van der Waals surface area contributed by atoms with E-state index in [-0.39, 0.29) is 0 Å². The van der Waals surface area contributed by atoms with Gasteiger partial charge in [-0.25, -0.2) is 0 Å². The molecule has 6 heteroatoms. The SMILES string of the molecule is Cc1ccc(SCc2noc(-c3ccc(CN)o3)n2)cc1. The van der Waals surface area contributed by atoms with Gasteiger partial charge in [-0.2, -0.15) is 4.98 Å². The van der Waals surface area contributed by atoms with Crippen molar-refractivity contribution < 1.29 is 8.94 Å². The Kier molecular flexibility index (Phi) is 4.08. The first-order valence-corrected chi connectivity index (χ1v) is 7.54. The summed E-state index contributed by atoms with van der Waals surface area (Å²) in [6.45, 7) is 2.42. The van der Waals surface area contributed by atoms with Crippen molar-refractivity contribution in [2.75, 3.05) is 0 Å². The Bertz CT molecular complexity index is 719. The standard InChI is InChI=1S/C15H15N3O2S/c1-10-2-5-12(6-3-10)21-9-14-17-15(20-18-14)13-7-4-11(8-16)19-13/h2-7H,8-9,16H2,1H3. The smallest absolute Gasteiger partial charge is 0.293 e. The molecule has 0 atom stereocenters. The zero-order valence-electron chi connectivity index (χ0n) is 11.6. The van der Waals surface area contributed by atoms with Gasteiger partial charge >= 0.3 is 0 Å². The molecule has 0 saturated carbocycles. The van der Waals surface area contributed by atoms with Gasteiger partial charge in [-0.3, -0.25) is 0 Å². The molecule has 0 bridgehead atoms. The maximum absolute atomic E-state index is 5.51. The molecule has 0 fully saturated rings. The number of rotatable bonds is 5. The minimum Gasteiger partial charge on any atom is -0.455 e. The summed E-state index contributed by atoms with van der Waals surface area (Å²) in [5, 5.41) is 3.96. The topological polar surface area (TPSA) is 78.1 Å². The van der Waals surface area contributed by atoms with Gasteiger partial charge in [-0.05, 0) is 31.2 Å². The lowest BCUT2D eigenvalue weighted by atomic mass is 10.2. The molecular weight excluding hydrogens is 286 g/mol. The van der Waals surface area contributed by atoms with E-state index in [0.29, 0.717) is 35.5 Å². The van der Waals surface area contributed by atoms with Crippen molar-refractivity contribution in [3.63, 3.8) is 0 Å². The molecule has 108 valence electrons. The molecule has 0 amide bonds. The van der Waals surface area contributed by atoms with Gasteiger partial charge in [0.25, 0.3) is 5.89 Å². The Hall–Kier alpha value is -2.05. The number of aromatic nitrogens is 2. The van der Waals surface area contributed by atoms with Gasteiger partial charge in [0.15, 0.2) is 11.6 Å². The van der Waals surface area contributed by atoms with Crippen LogP contribution in [-0.2, 0) is 12.3 Å². The molecule has 5 nitrogen and oxygen atoms in total. The Morgan fingerprint density at radius 3 is 2.67 bits per heavy atom. The van der Waals surface area contributed by atoms with Crippen LogP contribution in [0.25, 0.3) is 11.7 Å². The van der Waals surface area contributed by atoms with Crippen LogP contribution in [0.3, 0.4) is 0 Å². The quantitative estimate of drug-likeness (QED) is 0.728. The summed E-state index contributed by atoms with van der Waals surface area (Å²) >= 11 is 1.66. The molecule has 0 unspecified atom stereocenters. The first-order valence-electron chi connectivity index (χ1n) is 6.56. The monoisotopic (exact) mass is 301 g/mol. The molecule has 3 rings (SSSR count). The van der Waals surface area contributed by atoms with E-state index in [1.807, 2.05) is 0 Å². The zero-order chi connectivity index (χ0) is 14.7. The molecule has 2 heterocycles. The van der Waals surface area contributed by atoms with Crippen LogP contribution in [0.1, 0.15) is 17.1 Å². The lowest BCUT2D eigenvalue weighted by Crippen LogP contribution is -1.92. The number of hydrogen-bond donors (Lipinski definition) is 1. The van der Waals surface area contributed by atoms with E-state index < -0.39 is 0 Å². The van der Waals surface area contributed by atoms with Crippen LogP contribution < -0.4 is 5.73 Å². The Labute approximate surface area is 126 Å². The van der Waals surface area contributed by atoms with Gasteiger partial charge in [0.05, 0.1) is 12.3 Å². The summed E-state index contributed by atoms with van der Waals surface area (Å²) in [7, 11) is 0. The van der Waals surface area contributed by atoms with Crippen molar-refractivity contribution in [3.05, 3.63) is 53.5 Å². The highest BCUT2D eigenvalue weighted by Gasteiger charge is 2.12.